The Morgan fingerprint density at radius 2 is 2.21 bits per heavy atom. The molecule has 1 saturated carbocycles. The summed E-state index contributed by atoms with van der Waals surface area (Å²) in [5, 5.41) is 14.0. The van der Waals surface area contributed by atoms with E-state index in [2.05, 4.69) is 30.9 Å². The molecule has 0 unspecified atom stereocenters. The highest BCUT2D eigenvalue weighted by molar-refractivity contribution is 6.03. The molecule has 0 aromatic carbocycles. The number of nitrogens with one attached hydrogen (secondary N) is 2. The van der Waals surface area contributed by atoms with Crippen molar-refractivity contribution in [3.8, 4) is 11.1 Å². The highest BCUT2D eigenvalue weighted by Crippen LogP contribution is 2.35. The number of fused-ring (bicyclic) bond motifs is 1. The second-order valence-electron chi connectivity index (χ2n) is 6.49. The number of carbonyl (C=O) groups excluding carboxylic acids is 1. The molecule has 2 N–H and O–H groups in total. The van der Waals surface area contributed by atoms with Crippen molar-refractivity contribution in [2.24, 2.45) is 11.1 Å². The first-order chi connectivity index (χ1) is 13.7. The second kappa shape index (κ2) is 7.63. The lowest BCUT2D eigenvalue weighted by atomic mass is 10.0. The van der Waals surface area contributed by atoms with Crippen molar-refractivity contribution in [2.75, 3.05) is 19.0 Å². The van der Waals surface area contributed by atoms with E-state index in [4.69, 9.17) is 4.84 Å². The van der Waals surface area contributed by atoms with Crippen molar-refractivity contribution < 1.29 is 9.63 Å². The van der Waals surface area contributed by atoms with Crippen molar-refractivity contribution in [1.29, 1.82) is 0 Å². The molecule has 0 bridgehead atoms. The molecule has 3 heterocycles. The predicted molar refractivity (Wildman–Crippen MR) is 105 cm³/mol. The summed E-state index contributed by atoms with van der Waals surface area (Å²) in [6, 6.07) is 7.44. The monoisotopic (exact) mass is 379 g/mol. The number of rotatable bonds is 6. The predicted octanol–water partition coefficient (Wildman–Crippen LogP) is 2.69. The number of anilines is 1. The van der Waals surface area contributed by atoms with Crippen LogP contribution in [-0.4, -0.2) is 45.0 Å². The van der Waals surface area contributed by atoms with Gasteiger partial charge in [-0.1, -0.05) is 11.2 Å². The van der Waals surface area contributed by atoms with E-state index in [0.29, 0.717) is 18.1 Å². The Kier molecular flexibility index (Phi) is 4.88. The minimum Gasteiger partial charge on any atom is -0.399 e. The average Bonchev–Trinajstić information content (AvgIpc) is 3.46. The van der Waals surface area contributed by atoms with Crippen LogP contribution < -0.4 is 10.6 Å². The molecule has 0 aliphatic heterocycles. The minimum atomic E-state index is -0.347. The number of aromatic nitrogens is 4. The number of amides is 2. The van der Waals surface area contributed by atoms with Gasteiger partial charge in [0.15, 0.2) is 5.65 Å². The van der Waals surface area contributed by atoms with E-state index in [1.165, 1.54) is 7.11 Å². The van der Waals surface area contributed by atoms with E-state index in [9.17, 15) is 4.79 Å². The average molecular weight is 379 g/mol. The van der Waals surface area contributed by atoms with Gasteiger partial charge in [-0.15, -0.1) is 5.10 Å². The van der Waals surface area contributed by atoms with Crippen LogP contribution in [-0.2, 0) is 4.84 Å². The van der Waals surface area contributed by atoms with Gasteiger partial charge in [-0.3, -0.25) is 10.3 Å². The summed E-state index contributed by atoms with van der Waals surface area (Å²) in [6.45, 7) is 2.36. The summed E-state index contributed by atoms with van der Waals surface area (Å²) in [6.07, 6.45) is 5.64. The maximum Gasteiger partial charge on any atom is 0.321 e. The Balaban J connectivity index is 1.84. The van der Waals surface area contributed by atoms with E-state index in [1.807, 2.05) is 31.2 Å². The number of carbonyl (C=O) groups is 1. The number of urea groups is 1. The largest absolute Gasteiger partial charge is 0.399 e. The van der Waals surface area contributed by atoms with Crippen LogP contribution in [0.25, 0.3) is 16.8 Å². The van der Waals surface area contributed by atoms with Crippen molar-refractivity contribution in [2.45, 2.75) is 19.8 Å². The molecule has 28 heavy (non-hydrogen) atoms. The molecule has 9 heteroatoms. The molecular formula is C19H21N7O2. The first-order valence-corrected chi connectivity index (χ1v) is 9.17. The fourth-order valence-corrected chi connectivity index (χ4v) is 3.01. The fraction of sp³-hybridized carbons (Fsp3) is 0.316. The van der Waals surface area contributed by atoms with E-state index in [0.717, 1.165) is 35.4 Å². The van der Waals surface area contributed by atoms with Gasteiger partial charge < -0.3 is 10.2 Å². The van der Waals surface area contributed by atoms with E-state index in [1.54, 1.807) is 16.9 Å². The molecular weight excluding hydrogens is 358 g/mol. The van der Waals surface area contributed by atoms with Crippen LogP contribution in [0.5, 0.6) is 0 Å². The van der Waals surface area contributed by atoms with Crippen molar-refractivity contribution >= 4 is 23.3 Å². The van der Waals surface area contributed by atoms with Gasteiger partial charge in [0, 0.05) is 30.4 Å². The highest BCUT2D eigenvalue weighted by Gasteiger charge is 2.31. The van der Waals surface area contributed by atoms with Gasteiger partial charge in [0.2, 0.25) is 0 Å². The Morgan fingerprint density at radius 1 is 1.36 bits per heavy atom. The second-order valence-corrected chi connectivity index (χ2v) is 6.49. The maximum absolute atomic E-state index is 11.9. The SMILES string of the molecule is CCNC(=O)Nc1nc2cc(-c3cccnc3)cc(C(=NOC)C3CC3)n2n1. The Morgan fingerprint density at radius 3 is 2.89 bits per heavy atom. The van der Waals surface area contributed by atoms with Gasteiger partial charge in [-0.25, -0.2) is 9.31 Å². The van der Waals surface area contributed by atoms with Crippen LogP contribution in [0.1, 0.15) is 25.5 Å². The smallest absolute Gasteiger partial charge is 0.321 e. The van der Waals surface area contributed by atoms with Crippen LogP contribution >= 0.6 is 0 Å². The van der Waals surface area contributed by atoms with Gasteiger partial charge >= 0.3 is 6.03 Å². The number of hydrogen-bond donors (Lipinski definition) is 2. The summed E-state index contributed by atoms with van der Waals surface area (Å²) in [5.41, 5.74) is 4.12. The Hall–Kier alpha value is -3.49. The van der Waals surface area contributed by atoms with Crippen LogP contribution in [0.2, 0.25) is 0 Å². The summed E-state index contributed by atoms with van der Waals surface area (Å²) in [7, 11) is 1.54. The maximum atomic E-state index is 11.9. The zero-order valence-electron chi connectivity index (χ0n) is 15.7. The van der Waals surface area contributed by atoms with E-state index in [-0.39, 0.29) is 12.0 Å². The topological polar surface area (TPSA) is 106 Å². The first-order valence-electron chi connectivity index (χ1n) is 9.17. The van der Waals surface area contributed by atoms with Crippen LogP contribution in [0.3, 0.4) is 0 Å². The van der Waals surface area contributed by atoms with Crippen molar-refractivity contribution in [3.63, 3.8) is 0 Å². The summed E-state index contributed by atoms with van der Waals surface area (Å²) >= 11 is 0. The lowest BCUT2D eigenvalue weighted by Crippen LogP contribution is -2.28. The third kappa shape index (κ3) is 3.64. The fourth-order valence-electron chi connectivity index (χ4n) is 3.01. The zero-order valence-corrected chi connectivity index (χ0v) is 15.7. The molecule has 2 amide bonds. The highest BCUT2D eigenvalue weighted by atomic mass is 16.6. The molecule has 9 nitrogen and oxygen atoms in total. The number of nitrogens with zero attached hydrogens (tertiary/aromatic N) is 5. The molecule has 1 aliphatic rings. The number of oxime groups is 1. The molecule has 3 aromatic rings. The van der Waals surface area contributed by atoms with Gasteiger partial charge in [0.05, 0.1) is 5.69 Å². The Labute approximate surface area is 161 Å². The Bertz CT molecular complexity index is 1030. The number of hydrogen-bond acceptors (Lipinski definition) is 6. The van der Waals surface area contributed by atoms with E-state index >= 15 is 0 Å². The molecule has 3 aromatic heterocycles. The summed E-state index contributed by atoms with van der Waals surface area (Å²) < 4.78 is 1.69. The lowest BCUT2D eigenvalue weighted by molar-refractivity contribution is 0.212. The molecule has 4 rings (SSSR count). The van der Waals surface area contributed by atoms with Crippen LogP contribution in [0.15, 0.2) is 41.8 Å². The van der Waals surface area contributed by atoms with Crippen LogP contribution in [0, 0.1) is 5.92 Å². The molecule has 1 fully saturated rings. The third-order valence-electron chi connectivity index (χ3n) is 4.41. The molecule has 144 valence electrons. The molecule has 0 radical (unpaired) electrons. The number of pyridine rings is 2. The summed E-state index contributed by atoms with van der Waals surface area (Å²) in [5.74, 6) is 0.555. The van der Waals surface area contributed by atoms with Crippen molar-refractivity contribution in [1.82, 2.24) is 24.9 Å². The zero-order chi connectivity index (χ0) is 19.5. The minimum absolute atomic E-state index is 0.225. The third-order valence-corrected chi connectivity index (χ3v) is 4.41. The quantitative estimate of drug-likeness (QED) is 0.506. The van der Waals surface area contributed by atoms with Gasteiger partial charge in [0.1, 0.15) is 12.8 Å². The molecule has 1 aliphatic carbocycles. The van der Waals surface area contributed by atoms with Gasteiger partial charge in [-0.2, -0.15) is 4.98 Å². The molecule has 0 spiro atoms. The van der Waals surface area contributed by atoms with Gasteiger partial charge in [-0.05, 0) is 43.5 Å². The first kappa shape index (κ1) is 17.9. The van der Waals surface area contributed by atoms with E-state index < -0.39 is 0 Å². The molecule has 0 saturated heterocycles. The summed E-state index contributed by atoms with van der Waals surface area (Å²) in [4.78, 5) is 25.6. The van der Waals surface area contributed by atoms with Gasteiger partial charge in [0.25, 0.3) is 5.95 Å². The normalized spacial score (nSPS) is 14.1. The molecule has 0 atom stereocenters. The van der Waals surface area contributed by atoms with Crippen LogP contribution in [0.4, 0.5) is 10.7 Å². The standard InChI is InChI=1S/C19H21N7O2/c1-3-21-19(27)23-18-22-16-10-14(13-5-4-8-20-11-13)9-15(26(16)24-18)17(25-28-2)12-6-7-12/h4-5,8-12H,3,6-7H2,1-2H3,(H2,21,23,24,27). The van der Waals surface area contributed by atoms with Crippen molar-refractivity contribution in [3.05, 3.63) is 42.4 Å². The lowest BCUT2D eigenvalue weighted by Gasteiger charge is -2.09.